The Hall–Kier alpha value is -1.83. The highest BCUT2D eigenvalue weighted by Crippen LogP contribution is 2.42. The van der Waals surface area contributed by atoms with E-state index in [1.54, 1.807) is 37.8 Å². The molecule has 3 rings (SSSR count). The number of halogens is 3. The lowest BCUT2D eigenvalue weighted by molar-refractivity contribution is -0.0373. The Morgan fingerprint density at radius 3 is 2.23 bits per heavy atom. The van der Waals surface area contributed by atoms with Gasteiger partial charge in [0.15, 0.2) is 0 Å². The number of nitrogens with zero attached hydrogens (tertiary/aromatic N) is 1. The Bertz CT molecular complexity index is 940. The van der Waals surface area contributed by atoms with Crippen molar-refractivity contribution < 1.29 is 23.4 Å². The summed E-state index contributed by atoms with van der Waals surface area (Å²) in [6.07, 6.45) is 0.0392. The second kappa shape index (κ2) is 8.73. The number of benzene rings is 2. The molecule has 0 unspecified atom stereocenters. The van der Waals surface area contributed by atoms with E-state index in [1.807, 2.05) is 0 Å². The van der Waals surface area contributed by atoms with Gasteiger partial charge >= 0.3 is 6.09 Å². The van der Waals surface area contributed by atoms with Gasteiger partial charge in [0.2, 0.25) is 0 Å². The molecule has 0 aromatic heterocycles. The van der Waals surface area contributed by atoms with Gasteiger partial charge in [-0.3, -0.25) is 0 Å². The van der Waals surface area contributed by atoms with Crippen LogP contribution in [0.15, 0.2) is 46.2 Å². The Kier molecular flexibility index (Phi) is 6.65. The number of likely N-dealkylation sites (tertiary alicyclic amines) is 1. The van der Waals surface area contributed by atoms with Gasteiger partial charge in [-0.1, -0.05) is 23.4 Å². The molecule has 0 radical (unpaired) electrons. The monoisotopic (exact) mass is 455 g/mol. The zero-order valence-electron chi connectivity index (χ0n) is 17.0. The first-order valence-electron chi connectivity index (χ1n) is 9.60. The number of piperidine rings is 1. The fourth-order valence-electron chi connectivity index (χ4n) is 3.29. The minimum Gasteiger partial charge on any atom is -0.444 e. The highest BCUT2D eigenvalue weighted by Gasteiger charge is 2.38. The molecule has 0 saturated carbocycles. The molecule has 1 aliphatic heterocycles. The van der Waals surface area contributed by atoms with Crippen molar-refractivity contribution in [3.8, 4) is 0 Å². The second-order valence-electron chi connectivity index (χ2n) is 8.32. The first-order chi connectivity index (χ1) is 14.0. The van der Waals surface area contributed by atoms with E-state index in [0.29, 0.717) is 15.4 Å². The summed E-state index contributed by atoms with van der Waals surface area (Å²) in [4.78, 5) is 15.1. The molecule has 0 aliphatic carbocycles. The predicted octanol–water partition coefficient (Wildman–Crippen LogP) is 5.99. The molecule has 0 spiro atoms. The van der Waals surface area contributed by atoms with Crippen LogP contribution in [0.2, 0.25) is 5.02 Å². The largest absolute Gasteiger partial charge is 0.444 e. The zero-order valence-corrected chi connectivity index (χ0v) is 18.6. The van der Waals surface area contributed by atoms with Crippen LogP contribution in [0.4, 0.5) is 13.6 Å². The molecular weight excluding hydrogens is 432 g/mol. The number of amides is 1. The molecule has 2 aromatic carbocycles. The van der Waals surface area contributed by atoms with Crippen LogP contribution in [0.1, 0.15) is 39.2 Å². The number of carbonyl (C=O) groups excluding carboxylic acids is 1. The maximum Gasteiger partial charge on any atom is 0.410 e. The highest BCUT2D eigenvalue weighted by atomic mass is 35.5. The fraction of sp³-hybridized carbons (Fsp3) is 0.409. The predicted molar refractivity (Wildman–Crippen MR) is 113 cm³/mol. The van der Waals surface area contributed by atoms with Gasteiger partial charge < -0.3 is 14.7 Å². The average Bonchev–Trinajstić information content (AvgIpc) is 2.64. The van der Waals surface area contributed by atoms with Gasteiger partial charge in [-0.2, -0.15) is 0 Å². The van der Waals surface area contributed by atoms with Gasteiger partial charge in [-0.15, -0.1) is 0 Å². The average molecular weight is 456 g/mol. The van der Waals surface area contributed by atoms with E-state index in [0.717, 1.165) is 0 Å². The lowest BCUT2D eigenvalue weighted by atomic mass is 9.84. The van der Waals surface area contributed by atoms with Gasteiger partial charge in [-0.05, 0) is 70.0 Å². The van der Waals surface area contributed by atoms with Crippen LogP contribution in [-0.4, -0.2) is 34.8 Å². The van der Waals surface area contributed by atoms with Crippen molar-refractivity contribution in [1.82, 2.24) is 4.90 Å². The molecule has 0 bridgehead atoms. The van der Waals surface area contributed by atoms with E-state index in [9.17, 15) is 18.7 Å². The van der Waals surface area contributed by atoms with Gasteiger partial charge in [0.25, 0.3) is 0 Å². The number of aliphatic hydroxyl groups is 1. The van der Waals surface area contributed by atoms with E-state index in [-0.39, 0.29) is 31.0 Å². The smallest absolute Gasteiger partial charge is 0.410 e. The molecule has 2 aromatic rings. The van der Waals surface area contributed by atoms with Crippen molar-refractivity contribution in [3.63, 3.8) is 0 Å². The summed E-state index contributed by atoms with van der Waals surface area (Å²) >= 11 is 7.37. The molecule has 8 heteroatoms. The van der Waals surface area contributed by atoms with Crippen LogP contribution in [0.5, 0.6) is 0 Å². The summed E-state index contributed by atoms with van der Waals surface area (Å²) in [5, 5.41) is 11.6. The molecule has 1 saturated heterocycles. The summed E-state index contributed by atoms with van der Waals surface area (Å²) in [7, 11) is 0. The lowest BCUT2D eigenvalue weighted by Gasteiger charge is -2.39. The zero-order chi connectivity index (χ0) is 22.1. The molecule has 1 N–H and O–H groups in total. The van der Waals surface area contributed by atoms with Gasteiger partial charge in [-0.25, -0.2) is 13.6 Å². The summed E-state index contributed by atoms with van der Waals surface area (Å²) < 4.78 is 32.8. The van der Waals surface area contributed by atoms with Crippen molar-refractivity contribution >= 4 is 29.5 Å². The van der Waals surface area contributed by atoms with Crippen molar-refractivity contribution in [2.45, 2.75) is 54.6 Å². The van der Waals surface area contributed by atoms with Crippen LogP contribution < -0.4 is 0 Å². The number of rotatable bonds is 3. The van der Waals surface area contributed by atoms with Crippen LogP contribution in [-0.2, 0) is 10.3 Å². The standard InChI is InChI=1S/C22H24ClF2NO3S/c1-21(2,3)29-20(27)26-10-8-22(28,9-11-26)16-12-14(24)4-6-18(16)30-19-7-5-15(25)13-17(19)23/h4-7,12-13,28H,8-11H2,1-3H3. The number of hydrogen-bond donors (Lipinski definition) is 1. The van der Waals surface area contributed by atoms with Crippen LogP contribution in [0.3, 0.4) is 0 Å². The molecule has 1 aliphatic rings. The SMILES string of the molecule is CC(C)(C)OC(=O)N1CCC(O)(c2cc(F)ccc2Sc2ccc(F)cc2Cl)CC1. The topological polar surface area (TPSA) is 49.8 Å². The van der Waals surface area contributed by atoms with Crippen molar-refractivity contribution in [1.29, 1.82) is 0 Å². The van der Waals surface area contributed by atoms with Crippen molar-refractivity contribution in [3.05, 3.63) is 58.6 Å². The highest BCUT2D eigenvalue weighted by molar-refractivity contribution is 7.99. The third-order valence-corrected chi connectivity index (χ3v) is 6.38. The minimum atomic E-state index is -1.31. The Balaban J connectivity index is 1.82. The van der Waals surface area contributed by atoms with Crippen LogP contribution in [0.25, 0.3) is 0 Å². The first-order valence-corrected chi connectivity index (χ1v) is 10.8. The Labute approximate surface area is 184 Å². The van der Waals surface area contributed by atoms with Gasteiger partial charge in [0.05, 0.1) is 10.6 Å². The molecule has 4 nitrogen and oxygen atoms in total. The first kappa shape index (κ1) is 22.8. The molecular formula is C22H24ClF2NO3S. The third kappa shape index (κ3) is 5.45. The van der Waals surface area contributed by atoms with E-state index >= 15 is 0 Å². The van der Waals surface area contributed by atoms with Crippen LogP contribution >= 0.6 is 23.4 Å². The van der Waals surface area contributed by atoms with Gasteiger partial charge in [0.1, 0.15) is 17.2 Å². The van der Waals surface area contributed by atoms with Crippen molar-refractivity contribution in [2.75, 3.05) is 13.1 Å². The molecule has 0 atom stereocenters. The maximum atomic E-state index is 14.1. The van der Waals surface area contributed by atoms with E-state index in [2.05, 4.69) is 0 Å². The number of hydrogen-bond acceptors (Lipinski definition) is 4. The van der Waals surface area contributed by atoms with Gasteiger partial charge in [0, 0.05) is 28.4 Å². The summed E-state index contributed by atoms with van der Waals surface area (Å²) in [6, 6.07) is 8.25. The summed E-state index contributed by atoms with van der Waals surface area (Å²) in [6.45, 7) is 5.94. The number of ether oxygens (including phenoxy) is 1. The summed E-state index contributed by atoms with van der Waals surface area (Å²) in [5.41, 5.74) is -1.49. The fourth-order valence-corrected chi connectivity index (χ4v) is 4.59. The molecule has 1 heterocycles. The van der Waals surface area contributed by atoms with E-state index in [4.69, 9.17) is 16.3 Å². The lowest BCUT2D eigenvalue weighted by Crippen LogP contribution is -2.47. The van der Waals surface area contributed by atoms with Crippen molar-refractivity contribution in [2.24, 2.45) is 0 Å². The third-order valence-electron chi connectivity index (χ3n) is 4.80. The van der Waals surface area contributed by atoms with Crippen LogP contribution in [0, 0.1) is 11.6 Å². The normalized spacial score (nSPS) is 16.4. The number of carbonyl (C=O) groups is 1. The summed E-state index contributed by atoms with van der Waals surface area (Å²) in [5.74, 6) is -0.917. The second-order valence-corrected chi connectivity index (χ2v) is 9.81. The molecule has 1 amide bonds. The Morgan fingerprint density at radius 1 is 1.10 bits per heavy atom. The maximum absolute atomic E-state index is 14.1. The molecule has 162 valence electrons. The van der Waals surface area contributed by atoms with E-state index < -0.39 is 28.9 Å². The minimum absolute atomic E-state index is 0.237. The molecule has 1 fully saturated rings. The Morgan fingerprint density at radius 2 is 1.67 bits per heavy atom. The van der Waals surface area contributed by atoms with E-state index in [1.165, 1.54) is 36.0 Å². The molecule has 30 heavy (non-hydrogen) atoms. The quantitative estimate of drug-likeness (QED) is 0.617.